The molecule has 1 aliphatic heterocycles. The third-order valence-electron chi connectivity index (χ3n) is 8.31. The first kappa shape index (κ1) is 28.4. The van der Waals surface area contributed by atoms with Gasteiger partial charge in [0.2, 0.25) is 0 Å². The average Bonchev–Trinajstić information content (AvgIpc) is 3.43. The fourth-order valence-corrected chi connectivity index (χ4v) is 7.56. The van der Waals surface area contributed by atoms with Crippen LogP contribution >= 0.6 is 0 Å². The van der Waals surface area contributed by atoms with Crippen LogP contribution in [0.3, 0.4) is 0 Å². The highest BCUT2D eigenvalue weighted by molar-refractivity contribution is 5.83. The van der Waals surface area contributed by atoms with Crippen molar-refractivity contribution in [3.8, 4) is 17.1 Å². The van der Waals surface area contributed by atoms with Crippen molar-refractivity contribution in [2.45, 2.75) is 99.3 Å². The molecule has 1 N–H and O–H groups in total. The molecule has 3 aromatic carbocycles. The summed E-state index contributed by atoms with van der Waals surface area (Å²) >= 11 is 0. The summed E-state index contributed by atoms with van der Waals surface area (Å²) in [7, 11) is 0. The van der Waals surface area contributed by atoms with E-state index in [2.05, 4.69) is 93.5 Å². The van der Waals surface area contributed by atoms with Crippen LogP contribution in [0.1, 0.15) is 104 Å². The molecule has 5 aromatic rings. The smallest absolute Gasteiger partial charge is 0.155 e. The number of nitrogens with zero attached hydrogens (tertiary/aromatic N) is 6. The van der Waals surface area contributed by atoms with Gasteiger partial charge in [0, 0.05) is 0 Å². The Bertz CT molecular complexity index is 1840. The van der Waals surface area contributed by atoms with Crippen LogP contribution in [0.5, 0.6) is 5.75 Å². The van der Waals surface area contributed by atoms with Gasteiger partial charge in [0.1, 0.15) is 33.5 Å². The van der Waals surface area contributed by atoms with Crippen LogP contribution in [0.15, 0.2) is 42.5 Å². The summed E-state index contributed by atoms with van der Waals surface area (Å²) in [4.78, 5) is 3.21. The van der Waals surface area contributed by atoms with Crippen LogP contribution in [-0.2, 0) is 17.3 Å². The molecule has 6 bridgehead atoms. The van der Waals surface area contributed by atoms with Crippen LogP contribution in [0.25, 0.3) is 33.4 Å². The summed E-state index contributed by atoms with van der Waals surface area (Å²) in [5.74, 6) is 0.0775. The third kappa shape index (κ3) is 5.07. The van der Waals surface area contributed by atoms with E-state index >= 15 is 0 Å². The molecule has 0 saturated carbocycles. The van der Waals surface area contributed by atoms with Gasteiger partial charge in [0.25, 0.3) is 0 Å². The first-order valence-electron chi connectivity index (χ1n) is 15.0. The Labute approximate surface area is 248 Å². The Hall–Kier alpha value is -3.74. The standard InChI is InChI=1S/C35H44N6O/c1-32(2,3)19-34(7,8)23-15-21-14-22-16-24(35(9,10)20-33(4,5)6)30-26(18-22)37-41(39-30)31-27(12-11-13-28(31)42)40-36-25(17-21)29(23)38-40/h11-13,15-18,42H,14,19-20H2,1-10H3. The normalized spacial score (nSPS) is 14.1. The molecule has 0 atom stereocenters. The second-order valence-electron chi connectivity index (χ2n) is 16.1. The topological polar surface area (TPSA) is 81.6 Å². The number of phenolic OH excluding ortho intramolecular Hbond substituents is 1. The van der Waals surface area contributed by atoms with Gasteiger partial charge in [-0.15, -0.1) is 30.0 Å². The first-order valence-corrected chi connectivity index (χ1v) is 15.0. The summed E-state index contributed by atoms with van der Waals surface area (Å²) in [5, 5.41) is 31.2. The minimum absolute atomic E-state index is 0.0775. The maximum absolute atomic E-state index is 11.2. The van der Waals surface area contributed by atoms with Crippen molar-refractivity contribution in [1.82, 2.24) is 30.0 Å². The SMILES string of the molecule is CC(C)(C)CC(C)(C)c1cc2cc3nn(nc13)-c1cccc(O)c1-n1nc3cc(cc(C(C)(C)CC(C)(C)C)c3n1)C2. The monoisotopic (exact) mass is 564 g/mol. The molecule has 220 valence electrons. The predicted octanol–water partition coefficient (Wildman–Crippen LogP) is 8.19. The van der Waals surface area contributed by atoms with Crippen molar-refractivity contribution in [2.75, 3.05) is 0 Å². The third-order valence-corrected chi connectivity index (χ3v) is 8.31. The lowest BCUT2D eigenvalue weighted by Crippen LogP contribution is -2.25. The molecule has 42 heavy (non-hydrogen) atoms. The Kier molecular flexibility index (Phi) is 6.17. The van der Waals surface area contributed by atoms with Crippen LogP contribution in [0, 0.1) is 10.8 Å². The highest BCUT2D eigenvalue weighted by Crippen LogP contribution is 2.42. The van der Waals surface area contributed by atoms with Crippen molar-refractivity contribution in [1.29, 1.82) is 0 Å². The summed E-state index contributed by atoms with van der Waals surface area (Å²) in [6.07, 6.45) is 2.74. The van der Waals surface area contributed by atoms with E-state index in [0.717, 1.165) is 41.3 Å². The molecule has 0 amide bonds. The molecule has 3 heterocycles. The average molecular weight is 565 g/mol. The van der Waals surface area contributed by atoms with Crippen molar-refractivity contribution < 1.29 is 5.11 Å². The highest BCUT2D eigenvalue weighted by Gasteiger charge is 2.33. The van der Waals surface area contributed by atoms with Gasteiger partial charge in [-0.05, 0) is 87.4 Å². The molecule has 0 radical (unpaired) electrons. The molecule has 2 aromatic heterocycles. The van der Waals surface area contributed by atoms with Gasteiger partial charge in [-0.3, -0.25) is 0 Å². The minimum Gasteiger partial charge on any atom is -0.506 e. The number of fused-ring (bicyclic) bond motifs is 7. The van der Waals surface area contributed by atoms with E-state index in [1.807, 2.05) is 12.1 Å². The maximum Gasteiger partial charge on any atom is 0.155 e. The molecule has 6 rings (SSSR count). The summed E-state index contributed by atoms with van der Waals surface area (Å²) < 4.78 is 0. The van der Waals surface area contributed by atoms with E-state index < -0.39 is 0 Å². The van der Waals surface area contributed by atoms with Crippen LogP contribution in [0.2, 0.25) is 0 Å². The molecule has 0 aliphatic carbocycles. The molecule has 0 unspecified atom stereocenters. The summed E-state index contributed by atoms with van der Waals surface area (Å²) in [5.41, 5.74) is 9.26. The fourth-order valence-electron chi connectivity index (χ4n) is 7.56. The van der Waals surface area contributed by atoms with Crippen LogP contribution < -0.4 is 0 Å². The zero-order chi connectivity index (χ0) is 30.4. The quantitative estimate of drug-likeness (QED) is 0.233. The van der Waals surface area contributed by atoms with Gasteiger partial charge in [-0.1, -0.05) is 87.4 Å². The molecular formula is C35H44N6O. The molecule has 1 aliphatic rings. The van der Waals surface area contributed by atoms with Gasteiger partial charge in [0.05, 0.1) is 0 Å². The van der Waals surface area contributed by atoms with Crippen LogP contribution in [-0.4, -0.2) is 35.1 Å². The van der Waals surface area contributed by atoms with Crippen molar-refractivity contribution in [3.63, 3.8) is 0 Å². The van der Waals surface area contributed by atoms with E-state index in [-0.39, 0.29) is 27.4 Å². The minimum atomic E-state index is -0.147. The van der Waals surface area contributed by atoms with Gasteiger partial charge in [-0.25, -0.2) is 0 Å². The maximum atomic E-state index is 11.2. The molecule has 7 heteroatoms. The van der Waals surface area contributed by atoms with E-state index in [1.165, 1.54) is 22.3 Å². The highest BCUT2D eigenvalue weighted by atomic mass is 16.3. The largest absolute Gasteiger partial charge is 0.506 e. The fraction of sp³-hybridized carbons (Fsp3) is 0.486. The Morgan fingerprint density at radius 3 is 1.62 bits per heavy atom. The lowest BCUT2D eigenvalue weighted by molar-refractivity contribution is 0.284. The molecule has 0 fully saturated rings. The van der Waals surface area contributed by atoms with E-state index in [4.69, 9.17) is 20.4 Å². The number of rotatable bonds is 4. The Morgan fingerprint density at radius 2 is 1.12 bits per heavy atom. The number of aromatic hydroxyl groups is 1. The lowest BCUT2D eigenvalue weighted by Gasteiger charge is -2.33. The van der Waals surface area contributed by atoms with Crippen LogP contribution in [0.4, 0.5) is 0 Å². The van der Waals surface area contributed by atoms with Crippen molar-refractivity contribution in [3.05, 3.63) is 64.7 Å². The second-order valence-corrected chi connectivity index (χ2v) is 16.1. The molecule has 0 saturated heterocycles. The number of benzene rings is 3. The summed E-state index contributed by atoms with van der Waals surface area (Å²) in [6.45, 7) is 23.0. The van der Waals surface area contributed by atoms with E-state index in [1.54, 1.807) is 15.7 Å². The first-order chi connectivity index (χ1) is 19.4. The summed E-state index contributed by atoms with van der Waals surface area (Å²) in [6, 6.07) is 14.4. The van der Waals surface area contributed by atoms with Gasteiger partial charge in [-0.2, -0.15) is 0 Å². The number of hydrogen-bond acceptors (Lipinski definition) is 5. The van der Waals surface area contributed by atoms with Gasteiger partial charge < -0.3 is 5.11 Å². The second kappa shape index (κ2) is 9.13. The number of para-hydroxylation sites is 1. The zero-order valence-corrected chi connectivity index (χ0v) is 26.8. The lowest BCUT2D eigenvalue weighted by atomic mass is 9.71. The Morgan fingerprint density at radius 1 is 0.643 bits per heavy atom. The molecular weight excluding hydrogens is 520 g/mol. The predicted molar refractivity (Wildman–Crippen MR) is 170 cm³/mol. The number of phenols is 1. The van der Waals surface area contributed by atoms with Gasteiger partial charge in [0.15, 0.2) is 5.69 Å². The van der Waals surface area contributed by atoms with Gasteiger partial charge >= 0.3 is 0 Å². The molecule has 7 nitrogen and oxygen atoms in total. The van der Waals surface area contributed by atoms with E-state index in [9.17, 15) is 5.11 Å². The number of aromatic nitrogens is 6. The van der Waals surface area contributed by atoms with Crippen molar-refractivity contribution in [2.24, 2.45) is 10.8 Å². The zero-order valence-electron chi connectivity index (χ0n) is 26.8. The Balaban J connectivity index is 1.68. The van der Waals surface area contributed by atoms with E-state index in [0.29, 0.717) is 11.4 Å². The molecule has 0 spiro atoms. The number of hydrogen-bond donors (Lipinski definition) is 1. The van der Waals surface area contributed by atoms with Crippen molar-refractivity contribution >= 4 is 22.1 Å².